The van der Waals surface area contributed by atoms with E-state index in [1.54, 1.807) is 18.2 Å². The first-order chi connectivity index (χ1) is 8.97. The van der Waals surface area contributed by atoms with Gasteiger partial charge in [-0.25, -0.2) is 0 Å². The van der Waals surface area contributed by atoms with Crippen molar-refractivity contribution in [3.8, 4) is 0 Å². The predicted octanol–water partition coefficient (Wildman–Crippen LogP) is 3.09. The fourth-order valence-corrected chi connectivity index (χ4v) is 2.34. The largest absolute Gasteiger partial charge is 0.481 e. The highest BCUT2D eigenvalue weighted by Gasteiger charge is 2.33. The molecule has 0 aromatic heterocycles. The molecule has 2 N–H and O–H groups in total. The molecule has 1 aliphatic carbocycles. The highest BCUT2D eigenvalue weighted by molar-refractivity contribution is 9.10. The lowest BCUT2D eigenvalue weighted by Gasteiger charge is -2.16. The summed E-state index contributed by atoms with van der Waals surface area (Å²) in [5, 5.41) is 12.1. The van der Waals surface area contributed by atoms with Crippen LogP contribution in [0.25, 0.3) is 0 Å². The minimum absolute atomic E-state index is 0.0410. The molecule has 1 amide bonds. The molecule has 1 saturated carbocycles. The van der Waals surface area contributed by atoms with Crippen LogP contribution in [0.5, 0.6) is 0 Å². The highest BCUT2D eigenvalue weighted by Crippen LogP contribution is 2.34. The first-order valence-corrected chi connectivity index (χ1v) is 7.12. The maximum Gasteiger partial charge on any atom is 0.305 e. The average molecular weight is 347 g/mol. The number of hydrogen-bond acceptors (Lipinski definition) is 2. The smallest absolute Gasteiger partial charge is 0.305 e. The van der Waals surface area contributed by atoms with Gasteiger partial charge in [0.1, 0.15) is 0 Å². The van der Waals surface area contributed by atoms with Crippen molar-refractivity contribution < 1.29 is 14.7 Å². The van der Waals surface area contributed by atoms with E-state index in [1.165, 1.54) is 0 Å². The Hall–Kier alpha value is -1.07. The Morgan fingerprint density at radius 3 is 2.68 bits per heavy atom. The van der Waals surface area contributed by atoms with E-state index in [0.717, 1.165) is 17.3 Å². The van der Waals surface area contributed by atoms with Crippen LogP contribution >= 0.6 is 27.5 Å². The van der Waals surface area contributed by atoms with Crippen LogP contribution in [-0.4, -0.2) is 23.0 Å². The number of carboxylic acids is 1. The summed E-state index contributed by atoms with van der Waals surface area (Å²) in [6.07, 6.45) is 1.90. The van der Waals surface area contributed by atoms with E-state index in [2.05, 4.69) is 21.2 Å². The Labute approximate surface area is 124 Å². The lowest BCUT2D eigenvalue weighted by Crippen LogP contribution is -2.38. The van der Waals surface area contributed by atoms with E-state index in [1.807, 2.05) is 0 Å². The summed E-state index contributed by atoms with van der Waals surface area (Å²) in [5.41, 5.74) is 0.434. The number of nitrogens with one attached hydrogen (secondary N) is 1. The summed E-state index contributed by atoms with van der Waals surface area (Å²) in [4.78, 5) is 22.8. The zero-order chi connectivity index (χ0) is 14.0. The fourth-order valence-electron chi connectivity index (χ4n) is 1.91. The van der Waals surface area contributed by atoms with Crippen molar-refractivity contribution in [3.05, 3.63) is 33.3 Å². The molecule has 4 nitrogen and oxygen atoms in total. The van der Waals surface area contributed by atoms with E-state index in [0.29, 0.717) is 10.6 Å². The number of carbonyl (C=O) groups excluding carboxylic acids is 1. The zero-order valence-electron chi connectivity index (χ0n) is 10.0. The number of carboxylic acid groups (broad SMARTS) is 1. The number of amides is 1. The molecule has 1 aromatic rings. The van der Waals surface area contributed by atoms with E-state index in [-0.39, 0.29) is 24.3 Å². The van der Waals surface area contributed by atoms with Crippen LogP contribution in [-0.2, 0) is 4.79 Å². The van der Waals surface area contributed by atoms with Crippen molar-refractivity contribution in [2.45, 2.75) is 25.3 Å². The second kappa shape index (κ2) is 5.92. The number of hydrogen-bond donors (Lipinski definition) is 2. The minimum Gasteiger partial charge on any atom is -0.481 e. The number of rotatable bonds is 5. The summed E-state index contributed by atoms with van der Waals surface area (Å²) >= 11 is 9.19. The molecule has 0 radical (unpaired) electrons. The van der Waals surface area contributed by atoms with Gasteiger partial charge < -0.3 is 10.4 Å². The van der Waals surface area contributed by atoms with Crippen molar-refractivity contribution in [3.63, 3.8) is 0 Å². The summed E-state index contributed by atoms with van der Waals surface area (Å²) in [7, 11) is 0. The number of carbonyl (C=O) groups is 2. The van der Waals surface area contributed by atoms with Crippen molar-refractivity contribution in [2.24, 2.45) is 5.92 Å². The minimum atomic E-state index is -0.897. The second-order valence-corrected chi connectivity index (χ2v) is 5.91. The summed E-state index contributed by atoms with van der Waals surface area (Å²) in [6.45, 7) is 0. The van der Waals surface area contributed by atoms with Gasteiger partial charge in [0.25, 0.3) is 5.91 Å². The summed E-state index contributed by atoms with van der Waals surface area (Å²) in [5.74, 6) is -0.899. The summed E-state index contributed by atoms with van der Waals surface area (Å²) < 4.78 is 0.718. The van der Waals surface area contributed by atoms with Crippen LogP contribution in [0.15, 0.2) is 22.7 Å². The van der Waals surface area contributed by atoms with E-state index in [4.69, 9.17) is 16.7 Å². The van der Waals surface area contributed by atoms with Gasteiger partial charge in [-0.2, -0.15) is 0 Å². The molecule has 0 aliphatic heterocycles. The quantitative estimate of drug-likeness (QED) is 0.861. The standard InChI is InChI=1S/C13H13BrClNO3/c14-9-4-3-8(5-10(9)15)13(19)16-11(6-12(17)18)7-1-2-7/h3-5,7,11H,1-2,6H2,(H,16,19)(H,17,18). The maximum atomic E-state index is 12.1. The van der Waals surface area contributed by atoms with Gasteiger partial charge in [0.2, 0.25) is 0 Å². The van der Waals surface area contributed by atoms with Gasteiger partial charge in [0.15, 0.2) is 0 Å². The van der Waals surface area contributed by atoms with Gasteiger partial charge in [-0.15, -0.1) is 0 Å². The third-order valence-electron chi connectivity index (χ3n) is 3.08. The molecule has 1 atom stereocenters. The van der Waals surface area contributed by atoms with Crippen molar-refractivity contribution in [2.75, 3.05) is 0 Å². The Morgan fingerprint density at radius 1 is 1.47 bits per heavy atom. The Bertz CT molecular complexity index is 517. The molecule has 0 spiro atoms. The topological polar surface area (TPSA) is 66.4 Å². The number of halogens is 2. The maximum absolute atomic E-state index is 12.1. The highest BCUT2D eigenvalue weighted by atomic mass is 79.9. The molecular weight excluding hydrogens is 334 g/mol. The Balaban J connectivity index is 2.05. The van der Waals surface area contributed by atoms with Crippen LogP contribution in [0, 0.1) is 5.92 Å². The van der Waals surface area contributed by atoms with Crippen molar-refractivity contribution in [1.82, 2.24) is 5.32 Å². The van der Waals surface area contributed by atoms with Gasteiger partial charge >= 0.3 is 5.97 Å². The molecule has 1 aromatic carbocycles. The first kappa shape index (κ1) is 14.3. The van der Waals surface area contributed by atoms with Crippen LogP contribution in [0.4, 0.5) is 0 Å². The number of aliphatic carboxylic acids is 1. The van der Waals surface area contributed by atoms with Gasteiger partial charge in [-0.1, -0.05) is 11.6 Å². The number of benzene rings is 1. The van der Waals surface area contributed by atoms with E-state index in [9.17, 15) is 9.59 Å². The van der Waals surface area contributed by atoms with E-state index < -0.39 is 5.97 Å². The third kappa shape index (κ3) is 3.94. The molecule has 0 bridgehead atoms. The molecule has 2 rings (SSSR count). The molecule has 6 heteroatoms. The third-order valence-corrected chi connectivity index (χ3v) is 4.32. The van der Waals surface area contributed by atoms with Crippen LogP contribution in [0.3, 0.4) is 0 Å². The first-order valence-electron chi connectivity index (χ1n) is 5.95. The van der Waals surface area contributed by atoms with Gasteiger partial charge in [0, 0.05) is 16.1 Å². The Morgan fingerprint density at radius 2 is 2.16 bits per heavy atom. The molecule has 102 valence electrons. The lowest BCUT2D eigenvalue weighted by atomic mass is 10.1. The van der Waals surface area contributed by atoms with Crippen LogP contribution < -0.4 is 5.32 Å². The molecule has 1 unspecified atom stereocenters. The normalized spacial score (nSPS) is 15.9. The lowest BCUT2D eigenvalue weighted by molar-refractivity contribution is -0.137. The van der Waals surface area contributed by atoms with Crippen molar-refractivity contribution in [1.29, 1.82) is 0 Å². The molecule has 1 aliphatic rings. The van der Waals surface area contributed by atoms with Crippen LogP contribution in [0.2, 0.25) is 5.02 Å². The molecule has 0 saturated heterocycles. The van der Waals surface area contributed by atoms with Gasteiger partial charge in [0.05, 0.1) is 11.4 Å². The van der Waals surface area contributed by atoms with Crippen LogP contribution in [0.1, 0.15) is 29.6 Å². The molecule has 19 heavy (non-hydrogen) atoms. The molecular formula is C13H13BrClNO3. The van der Waals surface area contributed by atoms with Crippen molar-refractivity contribution >= 4 is 39.4 Å². The van der Waals surface area contributed by atoms with E-state index >= 15 is 0 Å². The predicted molar refractivity (Wildman–Crippen MR) is 75.4 cm³/mol. The van der Waals surface area contributed by atoms with Gasteiger partial charge in [-0.05, 0) is 52.9 Å². The SMILES string of the molecule is O=C(O)CC(NC(=O)c1ccc(Br)c(Cl)c1)C1CC1. The molecule has 0 heterocycles. The van der Waals surface area contributed by atoms with Gasteiger partial charge in [-0.3, -0.25) is 9.59 Å². The molecule has 1 fully saturated rings. The Kier molecular flexibility index (Phi) is 4.47. The monoisotopic (exact) mass is 345 g/mol. The zero-order valence-corrected chi connectivity index (χ0v) is 12.4. The summed E-state index contributed by atoms with van der Waals surface area (Å²) in [6, 6.07) is 4.61. The average Bonchev–Trinajstić information content (AvgIpc) is 3.15. The fraction of sp³-hybridized carbons (Fsp3) is 0.385. The second-order valence-electron chi connectivity index (χ2n) is 4.64.